The van der Waals surface area contributed by atoms with Crippen LogP contribution in [-0.4, -0.2) is 18.3 Å². The van der Waals surface area contributed by atoms with E-state index in [9.17, 15) is 4.39 Å². The Morgan fingerprint density at radius 1 is 1.10 bits per heavy atom. The summed E-state index contributed by atoms with van der Waals surface area (Å²) >= 11 is 0. The fourth-order valence-corrected chi connectivity index (χ4v) is 2.70. The second-order valence-corrected chi connectivity index (χ2v) is 6.67. The van der Waals surface area contributed by atoms with Gasteiger partial charge in [0.2, 0.25) is 0 Å². The predicted molar refractivity (Wildman–Crippen MR) is 88.4 cm³/mol. The highest BCUT2D eigenvalue weighted by atomic mass is 31.1. The molecule has 1 N–H and O–H groups in total. The van der Waals surface area contributed by atoms with Crippen LogP contribution in [-0.2, 0) is 0 Å². The number of nitrogens with zero attached hydrogens (tertiary/aromatic N) is 1. The fraction of sp³-hybridized carbons (Fsp3) is 0.312. The molecular formula is C16H22FN2P. The van der Waals surface area contributed by atoms with Crippen molar-refractivity contribution in [2.75, 3.05) is 18.6 Å². The van der Waals surface area contributed by atoms with Gasteiger partial charge in [-0.1, -0.05) is 27.8 Å². The molecule has 1 heterocycles. The molecule has 0 fully saturated rings. The minimum Gasteiger partial charge on any atom is -0.351 e. The minimum absolute atomic E-state index is 0.235. The normalized spacial score (nSPS) is 9.95. The Hall–Kier alpha value is -1.47. The fourth-order valence-electron chi connectivity index (χ4n) is 1.74. The molecule has 4 heteroatoms. The Labute approximate surface area is 122 Å². The Balaban J connectivity index is 0.000000956. The van der Waals surface area contributed by atoms with Crippen molar-refractivity contribution in [1.82, 2.24) is 4.98 Å². The van der Waals surface area contributed by atoms with Gasteiger partial charge in [-0.15, -0.1) is 0 Å². The topological polar surface area (TPSA) is 24.9 Å². The maximum atomic E-state index is 13.8. The number of rotatable bonds is 3. The van der Waals surface area contributed by atoms with Crippen molar-refractivity contribution in [3.05, 3.63) is 48.0 Å². The molecule has 0 saturated heterocycles. The van der Waals surface area contributed by atoms with Crippen LogP contribution >= 0.6 is 7.92 Å². The number of aryl methyl sites for hydroxylation is 1. The first kappa shape index (κ1) is 16.6. The van der Waals surface area contributed by atoms with Crippen molar-refractivity contribution in [3.8, 4) is 0 Å². The summed E-state index contributed by atoms with van der Waals surface area (Å²) in [5.41, 5.74) is 2.29. The van der Waals surface area contributed by atoms with Crippen LogP contribution in [0.4, 0.5) is 15.8 Å². The quantitative estimate of drug-likeness (QED) is 0.832. The van der Waals surface area contributed by atoms with Crippen LogP contribution in [0.1, 0.15) is 19.4 Å². The van der Waals surface area contributed by atoms with Crippen LogP contribution in [0, 0.1) is 12.7 Å². The summed E-state index contributed by atoms with van der Waals surface area (Å²) in [7, 11) is -0.253. The zero-order valence-corrected chi connectivity index (χ0v) is 13.6. The number of halogens is 1. The third-order valence-electron chi connectivity index (χ3n) is 2.67. The van der Waals surface area contributed by atoms with E-state index in [1.165, 1.54) is 11.4 Å². The van der Waals surface area contributed by atoms with Gasteiger partial charge in [0.1, 0.15) is 5.82 Å². The summed E-state index contributed by atoms with van der Waals surface area (Å²) in [5.74, 6) is -0.235. The standard InChI is InChI=1S/C14H16FN2P.C2H6/c1-10-4-5-12(11(15)8-10)17-13-9-16-7-6-14(13)18(2)3;1-2/h4-9,17H,1-3H3;1-2H3. The number of benzene rings is 1. The smallest absolute Gasteiger partial charge is 0.146 e. The lowest BCUT2D eigenvalue weighted by Gasteiger charge is -2.14. The first-order chi connectivity index (χ1) is 9.58. The Kier molecular flexibility index (Phi) is 6.60. The van der Waals surface area contributed by atoms with E-state index < -0.39 is 0 Å². The van der Waals surface area contributed by atoms with Gasteiger partial charge in [-0.3, -0.25) is 4.98 Å². The van der Waals surface area contributed by atoms with Crippen LogP contribution < -0.4 is 10.6 Å². The van der Waals surface area contributed by atoms with Gasteiger partial charge in [0.05, 0.1) is 17.6 Å². The van der Waals surface area contributed by atoms with Gasteiger partial charge in [0.15, 0.2) is 0 Å². The molecule has 2 aromatic rings. The van der Waals surface area contributed by atoms with E-state index in [1.54, 1.807) is 18.5 Å². The molecule has 0 aliphatic rings. The van der Waals surface area contributed by atoms with Gasteiger partial charge in [-0.2, -0.15) is 0 Å². The number of aromatic nitrogens is 1. The number of hydrogen-bond acceptors (Lipinski definition) is 2. The zero-order chi connectivity index (χ0) is 15.1. The number of anilines is 2. The van der Waals surface area contributed by atoms with E-state index in [-0.39, 0.29) is 13.7 Å². The molecule has 2 rings (SSSR count). The van der Waals surface area contributed by atoms with Crippen LogP contribution in [0.5, 0.6) is 0 Å². The van der Waals surface area contributed by atoms with E-state index in [2.05, 4.69) is 23.6 Å². The van der Waals surface area contributed by atoms with Crippen LogP contribution in [0.3, 0.4) is 0 Å². The number of hydrogen-bond donors (Lipinski definition) is 1. The summed E-state index contributed by atoms with van der Waals surface area (Å²) < 4.78 is 13.8. The molecular weight excluding hydrogens is 270 g/mol. The Bertz CT molecular complexity index is 556. The van der Waals surface area contributed by atoms with Crippen molar-refractivity contribution in [2.24, 2.45) is 0 Å². The monoisotopic (exact) mass is 292 g/mol. The van der Waals surface area contributed by atoms with E-state index in [1.807, 2.05) is 32.9 Å². The maximum absolute atomic E-state index is 13.8. The van der Waals surface area contributed by atoms with Crippen molar-refractivity contribution >= 4 is 24.6 Å². The van der Waals surface area contributed by atoms with E-state index in [0.29, 0.717) is 5.69 Å². The van der Waals surface area contributed by atoms with Gasteiger partial charge in [-0.05, 0) is 44.0 Å². The summed E-state index contributed by atoms with van der Waals surface area (Å²) in [6, 6.07) is 7.16. The molecule has 2 nitrogen and oxygen atoms in total. The largest absolute Gasteiger partial charge is 0.351 e. The van der Waals surface area contributed by atoms with Crippen molar-refractivity contribution < 1.29 is 4.39 Å². The van der Waals surface area contributed by atoms with E-state index >= 15 is 0 Å². The SMILES string of the molecule is CC.Cc1ccc(Nc2cnccc2P(C)C)c(F)c1. The second kappa shape index (κ2) is 7.96. The Morgan fingerprint density at radius 2 is 1.80 bits per heavy atom. The minimum atomic E-state index is -0.253. The Morgan fingerprint density at radius 3 is 2.40 bits per heavy atom. The summed E-state index contributed by atoms with van der Waals surface area (Å²) in [6.07, 6.45) is 3.52. The highest BCUT2D eigenvalue weighted by molar-refractivity contribution is 7.64. The van der Waals surface area contributed by atoms with Crippen molar-refractivity contribution in [2.45, 2.75) is 20.8 Å². The molecule has 1 aromatic carbocycles. The molecule has 0 unspecified atom stereocenters. The number of nitrogens with one attached hydrogen (secondary N) is 1. The first-order valence-corrected chi connectivity index (χ1v) is 8.96. The van der Waals surface area contributed by atoms with Crippen LogP contribution in [0.25, 0.3) is 0 Å². The zero-order valence-electron chi connectivity index (χ0n) is 12.7. The summed E-state index contributed by atoms with van der Waals surface area (Å²) in [5, 5.41) is 4.32. The second-order valence-electron chi connectivity index (χ2n) is 4.40. The van der Waals surface area contributed by atoms with Gasteiger partial charge in [0.25, 0.3) is 0 Å². The van der Waals surface area contributed by atoms with Crippen molar-refractivity contribution in [3.63, 3.8) is 0 Å². The third-order valence-corrected chi connectivity index (χ3v) is 4.03. The molecule has 0 saturated carbocycles. The maximum Gasteiger partial charge on any atom is 0.146 e. The highest BCUT2D eigenvalue weighted by Crippen LogP contribution is 2.29. The average Bonchev–Trinajstić information content (AvgIpc) is 2.44. The lowest BCUT2D eigenvalue weighted by molar-refractivity contribution is 0.631. The lowest BCUT2D eigenvalue weighted by Crippen LogP contribution is -2.08. The van der Waals surface area contributed by atoms with Gasteiger partial charge in [0, 0.05) is 11.5 Å². The van der Waals surface area contributed by atoms with Gasteiger partial charge >= 0.3 is 0 Å². The molecule has 0 radical (unpaired) electrons. The molecule has 0 aliphatic carbocycles. The summed E-state index contributed by atoms with van der Waals surface area (Å²) in [4.78, 5) is 4.10. The average molecular weight is 292 g/mol. The lowest BCUT2D eigenvalue weighted by atomic mass is 10.2. The number of pyridine rings is 1. The summed E-state index contributed by atoms with van der Waals surface area (Å²) in [6.45, 7) is 10.2. The first-order valence-electron chi connectivity index (χ1n) is 6.72. The van der Waals surface area contributed by atoms with Crippen LogP contribution in [0.2, 0.25) is 0 Å². The van der Waals surface area contributed by atoms with E-state index in [4.69, 9.17) is 0 Å². The van der Waals surface area contributed by atoms with Crippen LogP contribution in [0.15, 0.2) is 36.7 Å². The molecule has 0 atom stereocenters. The molecule has 0 spiro atoms. The third kappa shape index (κ3) is 4.28. The molecule has 1 aromatic heterocycles. The predicted octanol–water partition coefficient (Wildman–Crippen LogP) is 4.67. The van der Waals surface area contributed by atoms with Gasteiger partial charge < -0.3 is 5.32 Å². The highest BCUT2D eigenvalue weighted by Gasteiger charge is 2.08. The molecule has 0 amide bonds. The molecule has 20 heavy (non-hydrogen) atoms. The molecule has 108 valence electrons. The molecule has 0 bridgehead atoms. The van der Waals surface area contributed by atoms with Gasteiger partial charge in [-0.25, -0.2) is 4.39 Å². The van der Waals surface area contributed by atoms with Crippen molar-refractivity contribution in [1.29, 1.82) is 0 Å². The van der Waals surface area contributed by atoms with E-state index in [0.717, 1.165) is 11.3 Å². The molecule has 0 aliphatic heterocycles.